The molecule has 19 heavy (non-hydrogen) atoms. The van der Waals surface area contributed by atoms with Crippen LogP contribution in [0.25, 0.3) is 0 Å². The van der Waals surface area contributed by atoms with E-state index in [1.165, 1.54) is 18.3 Å². The van der Waals surface area contributed by atoms with E-state index in [1.54, 1.807) is 12.1 Å². The predicted molar refractivity (Wildman–Crippen MR) is 76.8 cm³/mol. The highest BCUT2D eigenvalue weighted by atomic mass is 35.5. The minimum Gasteiger partial charge on any atom is -0.453 e. The average molecular weight is 317 g/mol. The van der Waals surface area contributed by atoms with Crippen LogP contribution in [0.2, 0.25) is 15.1 Å². The maximum atomic E-state index is 7.43. The summed E-state index contributed by atoms with van der Waals surface area (Å²) >= 11 is 17.7. The summed E-state index contributed by atoms with van der Waals surface area (Å²) in [5.74, 6) is 0.425. The summed E-state index contributed by atoms with van der Waals surface area (Å²) in [5.41, 5.74) is 5.65. The van der Waals surface area contributed by atoms with Gasteiger partial charge in [-0.2, -0.15) is 0 Å². The predicted octanol–water partition coefficient (Wildman–Crippen LogP) is 4.12. The molecule has 0 atom stereocenters. The first-order valence-corrected chi connectivity index (χ1v) is 6.24. The van der Waals surface area contributed by atoms with Crippen molar-refractivity contribution in [3.8, 4) is 11.5 Å². The van der Waals surface area contributed by atoms with Crippen LogP contribution in [0.3, 0.4) is 0 Å². The highest BCUT2D eigenvalue weighted by molar-refractivity contribution is 6.43. The van der Waals surface area contributed by atoms with Gasteiger partial charge in [0.2, 0.25) is 0 Å². The number of halogens is 3. The van der Waals surface area contributed by atoms with Crippen molar-refractivity contribution >= 4 is 40.6 Å². The third-order valence-electron chi connectivity index (χ3n) is 2.22. The second-order valence-corrected chi connectivity index (χ2v) is 4.78. The highest BCUT2D eigenvalue weighted by Gasteiger charge is 2.12. The van der Waals surface area contributed by atoms with E-state index in [0.29, 0.717) is 26.6 Å². The lowest BCUT2D eigenvalue weighted by Gasteiger charge is -2.11. The van der Waals surface area contributed by atoms with E-state index in [4.69, 9.17) is 50.7 Å². The van der Waals surface area contributed by atoms with Crippen LogP contribution in [0.4, 0.5) is 0 Å². The third kappa shape index (κ3) is 3.10. The van der Waals surface area contributed by atoms with Crippen molar-refractivity contribution in [2.75, 3.05) is 0 Å². The van der Waals surface area contributed by atoms with Crippen molar-refractivity contribution in [3.05, 3.63) is 51.2 Å². The molecule has 0 bridgehead atoms. The zero-order chi connectivity index (χ0) is 14.0. The van der Waals surface area contributed by atoms with Crippen molar-refractivity contribution in [1.29, 1.82) is 5.41 Å². The smallest absolute Gasteiger partial charge is 0.156 e. The standard InChI is InChI=1S/C12H8Cl3N3O/c13-6-4-8(15)10(5-7(6)14)19-9-2-1-3-18-11(9)12(16)17/h1-5H,(H3,16,17). The molecule has 98 valence electrons. The Balaban J connectivity index is 2.42. The molecule has 7 heteroatoms. The van der Waals surface area contributed by atoms with Crippen LogP contribution in [0, 0.1) is 5.41 Å². The summed E-state index contributed by atoms with van der Waals surface area (Å²) < 4.78 is 5.58. The lowest BCUT2D eigenvalue weighted by atomic mass is 10.3. The molecule has 0 aliphatic rings. The Morgan fingerprint density at radius 1 is 1.11 bits per heavy atom. The minimum atomic E-state index is -0.202. The van der Waals surface area contributed by atoms with Gasteiger partial charge in [0, 0.05) is 12.3 Å². The molecule has 0 aliphatic heterocycles. The summed E-state index contributed by atoms with van der Waals surface area (Å²) in [6, 6.07) is 6.25. The molecule has 4 nitrogen and oxygen atoms in total. The molecule has 3 N–H and O–H groups in total. The Kier molecular flexibility index (Phi) is 4.14. The lowest BCUT2D eigenvalue weighted by molar-refractivity contribution is 0.479. The van der Waals surface area contributed by atoms with E-state index < -0.39 is 0 Å². The first kappa shape index (κ1) is 13.9. The largest absolute Gasteiger partial charge is 0.453 e. The fourth-order valence-corrected chi connectivity index (χ4v) is 1.95. The van der Waals surface area contributed by atoms with E-state index in [-0.39, 0.29) is 11.5 Å². The van der Waals surface area contributed by atoms with Gasteiger partial charge in [0.05, 0.1) is 15.1 Å². The molecule has 2 aromatic rings. The molecule has 0 unspecified atom stereocenters. The van der Waals surface area contributed by atoms with E-state index in [2.05, 4.69) is 4.98 Å². The van der Waals surface area contributed by atoms with Crippen molar-refractivity contribution in [3.63, 3.8) is 0 Å². The normalized spacial score (nSPS) is 10.3. The van der Waals surface area contributed by atoms with Gasteiger partial charge >= 0.3 is 0 Å². The number of benzene rings is 1. The van der Waals surface area contributed by atoms with Crippen molar-refractivity contribution in [2.45, 2.75) is 0 Å². The quantitative estimate of drug-likeness (QED) is 0.508. The Morgan fingerprint density at radius 2 is 1.79 bits per heavy atom. The second-order valence-electron chi connectivity index (χ2n) is 3.56. The summed E-state index contributed by atoms with van der Waals surface area (Å²) in [4.78, 5) is 3.97. The number of ether oxygens (including phenoxy) is 1. The molecule has 0 saturated carbocycles. The first-order chi connectivity index (χ1) is 8.99. The van der Waals surface area contributed by atoms with Crippen molar-refractivity contribution < 1.29 is 4.74 Å². The van der Waals surface area contributed by atoms with Crippen LogP contribution in [-0.4, -0.2) is 10.8 Å². The van der Waals surface area contributed by atoms with E-state index in [9.17, 15) is 0 Å². The SMILES string of the molecule is N=C(N)c1ncccc1Oc1cc(Cl)c(Cl)cc1Cl. The van der Waals surface area contributed by atoms with E-state index in [0.717, 1.165) is 0 Å². The maximum Gasteiger partial charge on any atom is 0.156 e. The average Bonchev–Trinajstić information content (AvgIpc) is 2.36. The van der Waals surface area contributed by atoms with Crippen LogP contribution >= 0.6 is 34.8 Å². The molecule has 1 aromatic carbocycles. The number of rotatable bonds is 3. The topological polar surface area (TPSA) is 72.0 Å². The lowest BCUT2D eigenvalue weighted by Crippen LogP contribution is -2.14. The summed E-state index contributed by atoms with van der Waals surface area (Å²) in [7, 11) is 0. The number of nitrogens with two attached hydrogens (primary N) is 1. The fraction of sp³-hybridized carbons (Fsp3) is 0. The number of hydrogen-bond donors (Lipinski definition) is 2. The number of amidine groups is 1. The fourth-order valence-electron chi connectivity index (χ4n) is 1.38. The monoisotopic (exact) mass is 315 g/mol. The van der Waals surface area contributed by atoms with Crippen LogP contribution in [-0.2, 0) is 0 Å². The summed E-state index contributed by atoms with van der Waals surface area (Å²) in [6.45, 7) is 0. The Labute approximate surface area is 124 Å². The van der Waals surface area contributed by atoms with Gasteiger partial charge in [-0.25, -0.2) is 4.98 Å². The number of pyridine rings is 1. The van der Waals surface area contributed by atoms with Gasteiger partial charge in [-0.05, 0) is 18.2 Å². The zero-order valence-electron chi connectivity index (χ0n) is 9.45. The van der Waals surface area contributed by atoms with E-state index in [1.807, 2.05) is 0 Å². The number of nitrogens with one attached hydrogen (secondary N) is 1. The minimum absolute atomic E-state index is 0.202. The Morgan fingerprint density at radius 3 is 2.47 bits per heavy atom. The molecular formula is C12H8Cl3N3O. The number of aromatic nitrogens is 1. The third-order valence-corrected chi connectivity index (χ3v) is 3.24. The highest BCUT2D eigenvalue weighted by Crippen LogP contribution is 2.36. The van der Waals surface area contributed by atoms with Gasteiger partial charge in [0.15, 0.2) is 5.75 Å². The van der Waals surface area contributed by atoms with Crippen LogP contribution in [0.5, 0.6) is 11.5 Å². The summed E-state index contributed by atoms with van der Waals surface area (Å²) in [6.07, 6.45) is 1.51. The second kappa shape index (κ2) is 5.65. The van der Waals surface area contributed by atoms with Gasteiger partial charge in [0.25, 0.3) is 0 Å². The number of nitrogens with zero attached hydrogens (tertiary/aromatic N) is 1. The van der Waals surface area contributed by atoms with Gasteiger partial charge in [-0.15, -0.1) is 0 Å². The zero-order valence-corrected chi connectivity index (χ0v) is 11.7. The maximum absolute atomic E-state index is 7.43. The molecule has 0 fully saturated rings. The molecular weight excluding hydrogens is 309 g/mol. The van der Waals surface area contributed by atoms with E-state index >= 15 is 0 Å². The molecule has 0 spiro atoms. The molecule has 2 rings (SSSR count). The Hall–Kier alpha value is -1.49. The number of hydrogen-bond acceptors (Lipinski definition) is 3. The number of nitrogen functional groups attached to an aromatic ring is 1. The molecule has 1 aromatic heterocycles. The van der Waals surface area contributed by atoms with Crippen molar-refractivity contribution in [2.24, 2.45) is 5.73 Å². The van der Waals surface area contributed by atoms with Crippen LogP contribution in [0.1, 0.15) is 5.69 Å². The van der Waals surface area contributed by atoms with Crippen LogP contribution < -0.4 is 10.5 Å². The summed E-state index contributed by atoms with van der Waals surface area (Å²) in [5, 5.41) is 8.37. The Bertz CT molecular complexity index is 646. The van der Waals surface area contributed by atoms with Gasteiger partial charge in [-0.1, -0.05) is 34.8 Å². The van der Waals surface area contributed by atoms with Gasteiger partial charge in [0.1, 0.15) is 17.3 Å². The first-order valence-electron chi connectivity index (χ1n) is 5.11. The van der Waals surface area contributed by atoms with Crippen LogP contribution in [0.15, 0.2) is 30.5 Å². The molecule has 0 saturated heterocycles. The van der Waals surface area contributed by atoms with Gasteiger partial charge < -0.3 is 10.5 Å². The molecule has 1 heterocycles. The van der Waals surface area contributed by atoms with Crippen molar-refractivity contribution in [1.82, 2.24) is 4.98 Å². The molecule has 0 aliphatic carbocycles. The molecule has 0 radical (unpaired) electrons. The van der Waals surface area contributed by atoms with Gasteiger partial charge in [-0.3, -0.25) is 5.41 Å². The molecule has 0 amide bonds.